The third kappa shape index (κ3) is 4.97. The maximum Gasteiger partial charge on any atom is 0.269 e. The molecular formula is C19H18ClFN4O3. The molecule has 0 aromatic heterocycles. The van der Waals surface area contributed by atoms with Crippen molar-refractivity contribution in [2.75, 3.05) is 5.32 Å². The SMILES string of the molecule is [C-]#[N+]c1ccc(N[C@@H](C(=O)NNC(=O)c2cccc(F)c2)C(C)O)c(C)c1Cl. The van der Waals surface area contributed by atoms with Crippen molar-refractivity contribution < 1.29 is 19.1 Å². The molecule has 7 nitrogen and oxygen atoms in total. The highest BCUT2D eigenvalue weighted by molar-refractivity contribution is 6.34. The number of rotatable bonds is 5. The lowest BCUT2D eigenvalue weighted by Gasteiger charge is -2.23. The van der Waals surface area contributed by atoms with Crippen LogP contribution in [0.1, 0.15) is 22.8 Å². The normalized spacial score (nSPS) is 12.4. The van der Waals surface area contributed by atoms with Crippen LogP contribution >= 0.6 is 11.6 Å². The first-order valence-corrected chi connectivity index (χ1v) is 8.59. The van der Waals surface area contributed by atoms with Crippen molar-refractivity contribution in [3.8, 4) is 0 Å². The molecule has 1 unspecified atom stereocenters. The Kier molecular flexibility index (Phi) is 6.93. The predicted octanol–water partition coefficient (Wildman–Crippen LogP) is 2.96. The Labute approximate surface area is 166 Å². The van der Waals surface area contributed by atoms with Crippen LogP contribution in [0.2, 0.25) is 5.02 Å². The molecule has 28 heavy (non-hydrogen) atoms. The molecule has 4 N–H and O–H groups in total. The second kappa shape index (κ2) is 9.17. The molecule has 0 saturated heterocycles. The minimum absolute atomic E-state index is 0.0271. The fourth-order valence-electron chi connectivity index (χ4n) is 2.38. The van der Waals surface area contributed by atoms with Crippen LogP contribution < -0.4 is 16.2 Å². The summed E-state index contributed by atoms with van der Waals surface area (Å²) in [6.45, 7) is 10.1. The molecule has 0 aliphatic heterocycles. The summed E-state index contributed by atoms with van der Waals surface area (Å²) < 4.78 is 13.2. The second-order valence-corrected chi connectivity index (χ2v) is 6.38. The molecule has 0 heterocycles. The Balaban J connectivity index is 2.09. The first kappa shape index (κ1) is 21.2. The average Bonchev–Trinajstić information content (AvgIpc) is 2.66. The number of halogens is 2. The standard InChI is InChI=1S/C19H18ClFN4O3/c1-10-14(7-8-15(22-3)16(10)20)23-17(11(2)26)19(28)25-24-18(27)12-5-4-6-13(21)9-12/h4-9,11,17,23,26H,1-2H3,(H,24,27)(H,25,28)/t11?,17-/m1/s1. The number of nitrogens with zero attached hydrogens (tertiary/aromatic N) is 1. The van der Waals surface area contributed by atoms with E-state index in [1.54, 1.807) is 13.0 Å². The first-order chi connectivity index (χ1) is 13.2. The topological polar surface area (TPSA) is 94.8 Å². The lowest BCUT2D eigenvalue weighted by atomic mass is 10.1. The fraction of sp³-hybridized carbons (Fsp3) is 0.211. The van der Waals surface area contributed by atoms with E-state index in [1.807, 2.05) is 0 Å². The minimum atomic E-state index is -1.12. The lowest BCUT2D eigenvalue weighted by molar-refractivity contribution is -0.124. The van der Waals surface area contributed by atoms with Crippen LogP contribution in [-0.4, -0.2) is 29.1 Å². The van der Waals surface area contributed by atoms with Gasteiger partial charge in [0, 0.05) is 11.3 Å². The summed E-state index contributed by atoms with van der Waals surface area (Å²) in [5.74, 6) is -2.01. The van der Waals surface area contributed by atoms with E-state index in [2.05, 4.69) is 21.0 Å². The van der Waals surface area contributed by atoms with Crippen LogP contribution in [-0.2, 0) is 4.79 Å². The first-order valence-electron chi connectivity index (χ1n) is 8.21. The van der Waals surface area contributed by atoms with Crippen molar-refractivity contribution in [3.05, 3.63) is 69.8 Å². The van der Waals surface area contributed by atoms with E-state index >= 15 is 0 Å². The van der Waals surface area contributed by atoms with Crippen LogP contribution in [0.15, 0.2) is 36.4 Å². The van der Waals surface area contributed by atoms with Crippen molar-refractivity contribution in [3.63, 3.8) is 0 Å². The van der Waals surface area contributed by atoms with Crippen LogP contribution in [0.3, 0.4) is 0 Å². The molecule has 2 aromatic rings. The zero-order chi connectivity index (χ0) is 20.8. The summed E-state index contributed by atoms with van der Waals surface area (Å²) in [7, 11) is 0. The number of anilines is 1. The van der Waals surface area contributed by atoms with E-state index in [9.17, 15) is 19.1 Å². The molecular weight excluding hydrogens is 387 g/mol. The number of aliphatic hydroxyl groups excluding tert-OH is 1. The summed E-state index contributed by atoms with van der Waals surface area (Å²) in [6.07, 6.45) is -1.12. The van der Waals surface area contributed by atoms with Crippen molar-refractivity contribution >= 4 is 34.8 Å². The smallest absolute Gasteiger partial charge is 0.269 e. The predicted molar refractivity (Wildman–Crippen MR) is 104 cm³/mol. The summed E-state index contributed by atoms with van der Waals surface area (Å²) in [4.78, 5) is 27.7. The molecule has 146 valence electrons. The molecule has 2 amide bonds. The van der Waals surface area contributed by atoms with Gasteiger partial charge in [-0.15, -0.1) is 0 Å². The van der Waals surface area contributed by atoms with Gasteiger partial charge in [-0.3, -0.25) is 20.4 Å². The average molecular weight is 405 g/mol. The van der Waals surface area contributed by atoms with Gasteiger partial charge in [-0.05, 0) is 43.7 Å². The summed E-state index contributed by atoms with van der Waals surface area (Å²) in [5, 5.41) is 13.0. The third-order valence-electron chi connectivity index (χ3n) is 3.95. The quantitative estimate of drug-likeness (QED) is 0.455. The van der Waals surface area contributed by atoms with Crippen molar-refractivity contribution in [2.45, 2.75) is 26.0 Å². The van der Waals surface area contributed by atoms with Gasteiger partial charge in [0.15, 0.2) is 0 Å². The van der Waals surface area contributed by atoms with Gasteiger partial charge in [0.25, 0.3) is 11.8 Å². The highest BCUT2D eigenvalue weighted by Crippen LogP contribution is 2.33. The molecule has 0 fully saturated rings. The van der Waals surface area contributed by atoms with Gasteiger partial charge < -0.3 is 10.4 Å². The van der Waals surface area contributed by atoms with Crippen LogP contribution in [0, 0.1) is 19.3 Å². The molecule has 0 aliphatic rings. The van der Waals surface area contributed by atoms with Crippen molar-refractivity contribution in [2.24, 2.45) is 0 Å². The number of carbonyl (C=O) groups is 2. The van der Waals surface area contributed by atoms with Gasteiger partial charge in [-0.1, -0.05) is 23.7 Å². The summed E-state index contributed by atoms with van der Waals surface area (Å²) in [6, 6.07) is 6.91. The van der Waals surface area contributed by atoms with Crippen LogP contribution in [0.25, 0.3) is 4.85 Å². The molecule has 9 heteroatoms. The molecule has 0 aliphatic carbocycles. The van der Waals surface area contributed by atoms with E-state index in [1.165, 1.54) is 31.2 Å². The third-order valence-corrected chi connectivity index (χ3v) is 4.43. The van der Waals surface area contributed by atoms with E-state index in [-0.39, 0.29) is 16.3 Å². The fourth-order valence-corrected chi connectivity index (χ4v) is 2.59. The Morgan fingerprint density at radius 2 is 1.96 bits per heavy atom. The highest BCUT2D eigenvalue weighted by Gasteiger charge is 2.25. The van der Waals surface area contributed by atoms with Gasteiger partial charge in [0.1, 0.15) is 11.9 Å². The lowest BCUT2D eigenvalue weighted by Crippen LogP contribution is -2.52. The largest absolute Gasteiger partial charge is 0.391 e. The molecule has 2 atom stereocenters. The maximum atomic E-state index is 13.2. The van der Waals surface area contributed by atoms with Crippen molar-refractivity contribution in [1.29, 1.82) is 0 Å². The van der Waals surface area contributed by atoms with Gasteiger partial charge in [0.2, 0.25) is 5.69 Å². The molecule has 2 aromatic carbocycles. The number of carbonyl (C=O) groups excluding carboxylic acids is 2. The Bertz CT molecular complexity index is 943. The summed E-state index contributed by atoms with van der Waals surface area (Å²) in [5.41, 5.74) is 5.65. The minimum Gasteiger partial charge on any atom is -0.391 e. The van der Waals surface area contributed by atoms with E-state index in [4.69, 9.17) is 18.2 Å². The number of hydrogen-bond acceptors (Lipinski definition) is 4. The number of hydrazine groups is 1. The van der Waals surface area contributed by atoms with E-state index < -0.39 is 29.8 Å². The number of nitrogens with one attached hydrogen (secondary N) is 3. The van der Waals surface area contributed by atoms with Crippen molar-refractivity contribution in [1.82, 2.24) is 10.9 Å². The Hall–Kier alpha value is -3.15. The van der Waals surface area contributed by atoms with Crippen LogP contribution in [0.4, 0.5) is 15.8 Å². The number of hydrogen-bond donors (Lipinski definition) is 4. The Morgan fingerprint density at radius 1 is 1.25 bits per heavy atom. The zero-order valence-electron chi connectivity index (χ0n) is 15.1. The van der Waals surface area contributed by atoms with Gasteiger partial charge in [-0.2, -0.15) is 0 Å². The van der Waals surface area contributed by atoms with Gasteiger partial charge in [0.05, 0.1) is 17.7 Å². The van der Waals surface area contributed by atoms with Gasteiger partial charge in [-0.25, -0.2) is 9.24 Å². The van der Waals surface area contributed by atoms with Gasteiger partial charge >= 0.3 is 0 Å². The summed E-state index contributed by atoms with van der Waals surface area (Å²) >= 11 is 6.12. The molecule has 0 saturated carbocycles. The van der Waals surface area contributed by atoms with E-state index in [0.29, 0.717) is 11.3 Å². The second-order valence-electron chi connectivity index (χ2n) is 6.00. The number of amides is 2. The number of benzene rings is 2. The van der Waals surface area contributed by atoms with E-state index in [0.717, 1.165) is 6.07 Å². The molecule has 0 bridgehead atoms. The maximum absolute atomic E-state index is 13.2. The molecule has 0 radical (unpaired) electrons. The monoisotopic (exact) mass is 404 g/mol. The highest BCUT2D eigenvalue weighted by atomic mass is 35.5. The number of aliphatic hydroxyl groups is 1. The Morgan fingerprint density at radius 3 is 2.57 bits per heavy atom. The molecule has 2 rings (SSSR count). The molecule has 0 spiro atoms. The zero-order valence-corrected chi connectivity index (χ0v) is 15.8. The van der Waals surface area contributed by atoms with Crippen LogP contribution in [0.5, 0.6) is 0 Å².